The number of amides is 2. The molecule has 0 aliphatic rings. The van der Waals surface area contributed by atoms with Gasteiger partial charge < -0.3 is 11.1 Å². The molecule has 2 amide bonds. The predicted octanol–water partition coefficient (Wildman–Crippen LogP) is -0.281. The van der Waals surface area contributed by atoms with Crippen LogP contribution in [0.5, 0.6) is 0 Å². The van der Waals surface area contributed by atoms with Crippen LogP contribution in [0.25, 0.3) is 0 Å². The summed E-state index contributed by atoms with van der Waals surface area (Å²) in [6, 6.07) is 0. The second-order valence-electron chi connectivity index (χ2n) is 2.29. The first-order valence-corrected chi connectivity index (χ1v) is 3.38. The largest absolute Gasteiger partial charge is 0.367 e. The maximum atomic E-state index is 10.9. The molecule has 12 heavy (non-hydrogen) atoms. The van der Waals surface area contributed by atoms with E-state index in [4.69, 9.17) is 5.73 Å². The fourth-order valence-electron chi connectivity index (χ4n) is 0.806. The van der Waals surface area contributed by atoms with Crippen molar-refractivity contribution in [1.29, 1.82) is 0 Å². The molecule has 0 rings (SSSR count). The summed E-state index contributed by atoms with van der Waals surface area (Å²) >= 11 is 0. The van der Waals surface area contributed by atoms with Gasteiger partial charge in [-0.3, -0.25) is 9.59 Å². The van der Waals surface area contributed by atoms with Gasteiger partial charge in [0.25, 0.3) is 0 Å². The molecule has 0 aliphatic carbocycles. The first-order chi connectivity index (χ1) is 5.63. The Kier molecular flexibility index (Phi) is 3.76. The third kappa shape index (κ3) is 1.95. The minimum absolute atomic E-state index is 0.241. The van der Waals surface area contributed by atoms with Gasteiger partial charge in [-0.1, -0.05) is 12.2 Å². The van der Waals surface area contributed by atoms with Crippen molar-refractivity contribution in [2.75, 3.05) is 0 Å². The zero-order valence-corrected chi connectivity index (χ0v) is 6.75. The molecule has 4 nitrogen and oxygen atoms in total. The van der Waals surface area contributed by atoms with Crippen LogP contribution in [0.3, 0.4) is 0 Å². The van der Waals surface area contributed by atoms with Gasteiger partial charge in [-0.2, -0.15) is 0 Å². The number of nitrogens with one attached hydrogen (secondary N) is 1. The fourth-order valence-corrected chi connectivity index (χ4v) is 0.806. The molecule has 0 heterocycles. The highest BCUT2D eigenvalue weighted by atomic mass is 16.2. The molecule has 1 atom stereocenters. The number of hydrogen-bond donors (Lipinski definition) is 2. The van der Waals surface area contributed by atoms with E-state index in [1.165, 1.54) is 12.2 Å². The van der Waals surface area contributed by atoms with E-state index in [-0.39, 0.29) is 6.42 Å². The quantitative estimate of drug-likeness (QED) is 0.423. The molecule has 0 saturated carbocycles. The molecule has 0 aliphatic heterocycles. The molecule has 0 aromatic rings. The Morgan fingerprint density at radius 1 is 1.58 bits per heavy atom. The molecule has 0 bridgehead atoms. The number of primary amides is 1. The summed E-state index contributed by atoms with van der Waals surface area (Å²) in [5.74, 6) is -0.649. The number of carbonyl (C=O) groups excluding carboxylic acids is 2. The molecule has 0 radical (unpaired) electrons. The molecule has 0 spiro atoms. The van der Waals surface area contributed by atoms with Crippen LogP contribution in [0.2, 0.25) is 0 Å². The van der Waals surface area contributed by atoms with Gasteiger partial charge in [-0.15, -0.1) is 13.2 Å². The maximum Gasteiger partial charge on any atom is 0.247 e. The van der Waals surface area contributed by atoms with Crippen LogP contribution in [-0.2, 0) is 9.59 Å². The average Bonchev–Trinajstić information content (AvgIpc) is 2.03. The Labute approximate surface area is 71.1 Å². The summed E-state index contributed by atoms with van der Waals surface area (Å²) in [6.45, 7) is 6.87. The molecule has 3 N–H and O–H groups in total. The Balaban J connectivity index is 4.72. The van der Waals surface area contributed by atoms with E-state index < -0.39 is 11.4 Å². The number of nitrogens with two attached hydrogens (primary N) is 1. The highest BCUT2D eigenvalue weighted by Crippen LogP contribution is 2.10. The molecule has 0 aromatic heterocycles. The highest BCUT2D eigenvalue weighted by Gasteiger charge is 2.30. The van der Waals surface area contributed by atoms with E-state index in [2.05, 4.69) is 18.5 Å². The Bertz CT molecular complexity index is 201. The van der Waals surface area contributed by atoms with Crippen molar-refractivity contribution >= 4 is 12.3 Å². The van der Waals surface area contributed by atoms with Gasteiger partial charge in [-0.05, 0) is 0 Å². The van der Waals surface area contributed by atoms with Crippen molar-refractivity contribution in [3.63, 3.8) is 0 Å². The van der Waals surface area contributed by atoms with E-state index in [0.717, 1.165) is 0 Å². The van der Waals surface area contributed by atoms with Crippen molar-refractivity contribution in [1.82, 2.24) is 5.32 Å². The molecule has 4 heteroatoms. The van der Waals surface area contributed by atoms with Crippen molar-refractivity contribution in [3.05, 3.63) is 25.3 Å². The number of hydrogen-bond acceptors (Lipinski definition) is 2. The van der Waals surface area contributed by atoms with Crippen LogP contribution in [0, 0.1) is 0 Å². The van der Waals surface area contributed by atoms with Crippen LogP contribution in [0.1, 0.15) is 6.42 Å². The maximum absolute atomic E-state index is 10.9. The Hall–Kier alpha value is -1.58. The van der Waals surface area contributed by atoms with Crippen molar-refractivity contribution in [2.45, 2.75) is 12.0 Å². The normalized spacial score (nSPS) is 14.0. The molecule has 1 unspecified atom stereocenters. The lowest BCUT2D eigenvalue weighted by atomic mass is 9.95. The van der Waals surface area contributed by atoms with Gasteiger partial charge in [0.05, 0.1) is 0 Å². The number of rotatable bonds is 6. The standard InChI is InChI=1S/C8H12N2O2/c1-3-5-8(4-2,7(9)12)10-6-11/h3-4,6H,1-2,5H2,(H2,9,12)(H,10,11). The van der Waals surface area contributed by atoms with Gasteiger partial charge in [0.2, 0.25) is 12.3 Å². The fraction of sp³-hybridized carbons (Fsp3) is 0.250. The lowest BCUT2D eigenvalue weighted by molar-refractivity contribution is -0.125. The van der Waals surface area contributed by atoms with E-state index in [1.54, 1.807) is 0 Å². The van der Waals surface area contributed by atoms with Gasteiger partial charge in [0.15, 0.2) is 0 Å². The van der Waals surface area contributed by atoms with Crippen LogP contribution in [-0.4, -0.2) is 17.9 Å². The first kappa shape index (κ1) is 10.4. The number of carbonyl (C=O) groups is 2. The first-order valence-electron chi connectivity index (χ1n) is 3.38. The summed E-state index contributed by atoms with van der Waals surface area (Å²) in [6.07, 6.45) is 3.44. The molecular formula is C8H12N2O2. The van der Waals surface area contributed by atoms with Crippen LogP contribution < -0.4 is 11.1 Å². The van der Waals surface area contributed by atoms with E-state index in [9.17, 15) is 9.59 Å². The highest BCUT2D eigenvalue weighted by molar-refractivity contribution is 5.89. The van der Waals surface area contributed by atoms with Gasteiger partial charge >= 0.3 is 0 Å². The van der Waals surface area contributed by atoms with Crippen LogP contribution in [0.4, 0.5) is 0 Å². The smallest absolute Gasteiger partial charge is 0.247 e. The lowest BCUT2D eigenvalue weighted by Gasteiger charge is -2.24. The minimum Gasteiger partial charge on any atom is -0.367 e. The summed E-state index contributed by atoms with van der Waals surface area (Å²) in [5, 5.41) is 2.30. The molecule has 0 fully saturated rings. The minimum atomic E-state index is -1.19. The second-order valence-corrected chi connectivity index (χ2v) is 2.29. The van der Waals surface area contributed by atoms with Gasteiger partial charge in [-0.25, -0.2) is 0 Å². The lowest BCUT2D eigenvalue weighted by Crippen LogP contribution is -2.53. The molecule has 66 valence electrons. The third-order valence-corrected chi connectivity index (χ3v) is 1.57. The molecule has 0 saturated heterocycles. The molecule has 0 aromatic carbocycles. The summed E-state index contributed by atoms with van der Waals surface area (Å²) in [7, 11) is 0. The zero-order valence-electron chi connectivity index (χ0n) is 6.75. The Morgan fingerprint density at radius 3 is 2.42 bits per heavy atom. The van der Waals surface area contributed by atoms with Crippen molar-refractivity contribution in [2.24, 2.45) is 5.73 Å². The summed E-state index contributed by atoms with van der Waals surface area (Å²) in [5.41, 5.74) is 3.88. The second kappa shape index (κ2) is 4.33. The van der Waals surface area contributed by atoms with Gasteiger partial charge in [0, 0.05) is 6.42 Å². The van der Waals surface area contributed by atoms with Crippen LogP contribution in [0.15, 0.2) is 25.3 Å². The SMILES string of the molecule is C=CCC(C=C)(NC=O)C(N)=O. The van der Waals surface area contributed by atoms with E-state index in [1.807, 2.05) is 0 Å². The third-order valence-electron chi connectivity index (χ3n) is 1.57. The van der Waals surface area contributed by atoms with Crippen molar-refractivity contribution < 1.29 is 9.59 Å². The predicted molar refractivity (Wildman–Crippen MR) is 46.1 cm³/mol. The Morgan fingerprint density at radius 2 is 2.17 bits per heavy atom. The zero-order chi connectivity index (χ0) is 9.61. The topological polar surface area (TPSA) is 72.2 Å². The van der Waals surface area contributed by atoms with Gasteiger partial charge in [0.1, 0.15) is 5.54 Å². The average molecular weight is 168 g/mol. The summed E-state index contributed by atoms with van der Waals surface area (Å²) in [4.78, 5) is 21.1. The molecular weight excluding hydrogens is 156 g/mol. The monoisotopic (exact) mass is 168 g/mol. The van der Waals surface area contributed by atoms with Crippen LogP contribution >= 0.6 is 0 Å². The van der Waals surface area contributed by atoms with E-state index >= 15 is 0 Å². The van der Waals surface area contributed by atoms with E-state index in [0.29, 0.717) is 6.41 Å². The van der Waals surface area contributed by atoms with Crippen molar-refractivity contribution in [3.8, 4) is 0 Å². The summed E-state index contributed by atoms with van der Waals surface area (Å²) < 4.78 is 0.